The van der Waals surface area contributed by atoms with Crippen LogP contribution < -0.4 is 0 Å². The lowest BCUT2D eigenvalue weighted by Crippen LogP contribution is -2.27. The summed E-state index contributed by atoms with van der Waals surface area (Å²) < 4.78 is 38.9. The standard InChI is InChI=1S/C10H10BrFN4O2S/c1-16(5-10-13-6-14-15-10)19(17,18)9-3-2-7(12)4-8(9)11/h2-4,6H,5H2,1H3,(H,13,14,15). The van der Waals surface area contributed by atoms with Crippen LogP contribution in [0.25, 0.3) is 0 Å². The molecule has 0 atom stereocenters. The number of nitrogens with one attached hydrogen (secondary N) is 1. The highest BCUT2D eigenvalue weighted by atomic mass is 79.9. The summed E-state index contributed by atoms with van der Waals surface area (Å²) in [6, 6.07) is 3.42. The molecule has 0 saturated heterocycles. The van der Waals surface area contributed by atoms with Crippen LogP contribution in [0.4, 0.5) is 4.39 Å². The van der Waals surface area contributed by atoms with E-state index in [0.29, 0.717) is 5.82 Å². The number of aromatic nitrogens is 3. The molecule has 0 bridgehead atoms. The molecule has 1 N–H and O–H groups in total. The number of halogens is 2. The van der Waals surface area contributed by atoms with Gasteiger partial charge in [0.2, 0.25) is 10.0 Å². The van der Waals surface area contributed by atoms with E-state index in [4.69, 9.17) is 0 Å². The number of nitrogens with zero attached hydrogens (tertiary/aromatic N) is 3. The quantitative estimate of drug-likeness (QED) is 0.908. The van der Waals surface area contributed by atoms with Gasteiger partial charge in [-0.15, -0.1) is 0 Å². The molecule has 6 nitrogen and oxygen atoms in total. The first-order valence-electron chi connectivity index (χ1n) is 5.17. The smallest absolute Gasteiger partial charge is 0.244 e. The molecule has 0 unspecified atom stereocenters. The highest BCUT2D eigenvalue weighted by Crippen LogP contribution is 2.25. The Bertz CT molecular complexity index is 675. The Balaban J connectivity index is 2.31. The van der Waals surface area contributed by atoms with Crippen molar-refractivity contribution in [2.24, 2.45) is 0 Å². The van der Waals surface area contributed by atoms with Crippen LogP contribution in [0.15, 0.2) is 33.9 Å². The number of hydrogen-bond acceptors (Lipinski definition) is 4. The summed E-state index contributed by atoms with van der Waals surface area (Å²) >= 11 is 3.05. The second kappa shape index (κ2) is 5.35. The molecule has 19 heavy (non-hydrogen) atoms. The Morgan fingerprint density at radius 3 is 2.79 bits per heavy atom. The third-order valence-electron chi connectivity index (χ3n) is 2.42. The van der Waals surface area contributed by atoms with Gasteiger partial charge in [-0.1, -0.05) is 0 Å². The van der Waals surface area contributed by atoms with E-state index < -0.39 is 15.8 Å². The van der Waals surface area contributed by atoms with Gasteiger partial charge in [0.1, 0.15) is 18.0 Å². The number of aromatic amines is 1. The number of sulfonamides is 1. The summed E-state index contributed by atoms with van der Waals surface area (Å²) in [6.45, 7) is 0.0478. The van der Waals surface area contributed by atoms with Crippen LogP contribution in [0.5, 0.6) is 0 Å². The van der Waals surface area contributed by atoms with Crippen molar-refractivity contribution in [1.82, 2.24) is 19.5 Å². The maximum absolute atomic E-state index is 13.0. The van der Waals surface area contributed by atoms with E-state index in [1.807, 2.05) is 0 Å². The molecule has 0 aliphatic heterocycles. The zero-order valence-electron chi connectivity index (χ0n) is 9.84. The predicted octanol–water partition coefficient (Wildman–Crippen LogP) is 1.53. The van der Waals surface area contributed by atoms with Crippen molar-refractivity contribution >= 4 is 26.0 Å². The third kappa shape index (κ3) is 2.99. The Morgan fingerprint density at radius 2 is 2.21 bits per heavy atom. The van der Waals surface area contributed by atoms with Crippen LogP contribution in [-0.2, 0) is 16.6 Å². The van der Waals surface area contributed by atoms with Gasteiger partial charge in [0.05, 0.1) is 11.4 Å². The fraction of sp³-hybridized carbons (Fsp3) is 0.200. The lowest BCUT2D eigenvalue weighted by molar-refractivity contribution is 0.456. The van der Waals surface area contributed by atoms with Crippen LogP contribution in [-0.4, -0.2) is 35.0 Å². The Hall–Kier alpha value is -1.32. The number of rotatable bonds is 4. The molecule has 2 rings (SSSR count). The third-order valence-corrected chi connectivity index (χ3v) is 5.20. The molecule has 1 aromatic carbocycles. The first-order chi connectivity index (χ1) is 8.91. The van der Waals surface area contributed by atoms with E-state index in [1.165, 1.54) is 19.4 Å². The lowest BCUT2D eigenvalue weighted by atomic mass is 10.3. The van der Waals surface area contributed by atoms with Crippen LogP contribution in [0.2, 0.25) is 0 Å². The molecule has 0 aliphatic carbocycles. The minimum Gasteiger partial charge on any atom is -0.262 e. The molecular formula is C10H10BrFN4O2S. The van der Waals surface area contributed by atoms with Crippen LogP contribution in [0, 0.1) is 5.82 Å². The van der Waals surface area contributed by atoms with Gasteiger partial charge in [-0.2, -0.15) is 9.40 Å². The monoisotopic (exact) mass is 348 g/mol. The zero-order chi connectivity index (χ0) is 14.0. The molecule has 1 heterocycles. The van der Waals surface area contributed by atoms with Crippen molar-refractivity contribution in [3.8, 4) is 0 Å². The van der Waals surface area contributed by atoms with Crippen LogP contribution in [0.1, 0.15) is 5.82 Å². The molecular weight excluding hydrogens is 339 g/mol. The largest absolute Gasteiger partial charge is 0.262 e. The van der Waals surface area contributed by atoms with Crippen molar-refractivity contribution in [1.29, 1.82) is 0 Å². The van der Waals surface area contributed by atoms with Crippen molar-refractivity contribution < 1.29 is 12.8 Å². The molecule has 2 aromatic rings. The van der Waals surface area contributed by atoms with E-state index >= 15 is 0 Å². The molecule has 0 saturated carbocycles. The number of H-pyrrole nitrogens is 1. The highest BCUT2D eigenvalue weighted by molar-refractivity contribution is 9.10. The van der Waals surface area contributed by atoms with E-state index in [9.17, 15) is 12.8 Å². The average molecular weight is 349 g/mol. The average Bonchev–Trinajstić information content (AvgIpc) is 2.81. The fourth-order valence-electron chi connectivity index (χ4n) is 1.46. The predicted molar refractivity (Wildman–Crippen MR) is 69.1 cm³/mol. The van der Waals surface area contributed by atoms with E-state index in [-0.39, 0.29) is 15.9 Å². The van der Waals surface area contributed by atoms with Gasteiger partial charge in [-0.05, 0) is 34.1 Å². The maximum atomic E-state index is 13.0. The summed E-state index contributed by atoms with van der Waals surface area (Å²) in [6.07, 6.45) is 1.30. The van der Waals surface area contributed by atoms with Gasteiger partial charge in [0.15, 0.2) is 0 Å². The van der Waals surface area contributed by atoms with Gasteiger partial charge in [0.25, 0.3) is 0 Å². The fourth-order valence-corrected chi connectivity index (χ4v) is 3.59. The molecule has 0 spiro atoms. The van der Waals surface area contributed by atoms with Gasteiger partial charge in [0, 0.05) is 11.5 Å². The topological polar surface area (TPSA) is 79.0 Å². The van der Waals surface area contributed by atoms with Crippen LogP contribution >= 0.6 is 15.9 Å². The van der Waals surface area contributed by atoms with Gasteiger partial charge in [-0.3, -0.25) is 5.10 Å². The van der Waals surface area contributed by atoms with Gasteiger partial charge < -0.3 is 0 Å². The molecule has 0 aliphatic rings. The van der Waals surface area contributed by atoms with E-state index in [2.05, 4.69) is 31.1 Å². The first kappa shape index (κ1) is 14.1. The Kier molecular flexibility index (Phi) is 3.97. The second-order valence-corrected chi connectivity index (χ2v) is 6.64. The molecule has 0 fully saturated rings. The van der Waals surface area contributed by atoms with Crippen molar-refractivity contribution in [2.45, 2.75) is 11.4 Å². The van der Waals surface area contributed by atoms with Gasteiger partial charge >= 0.3 is 0 Å². The Labute approximate surface area is 117 Å². The van der Waals surface area contributed by atoms with Crippen molar-refractivity contribution in [2.75, 3.05) is 7.05 Å². The normalized spacial score (nSPS) is 12.0. The summed E-state index contributed by atoms with van der Waals surface area (Å²) in [5.41, 5.74) is 0. The second-order valence-electron chi connectivity index (χ2n) is 3.77. The maximum Gasteiger partial charge on any atom is 0.244 e. The minimum absolute atomic E-state index is 0.00378. The van der Waals surface area contributed by atoms with Gasteiger partial charge in [-0.25, -0.2) is 17.8 Å². The van der Waals surface area contributed by atoms with Crippen molar-refractivity contribution in [3.63, 3.8) is 0 Å². The first-order valence-corrected chi connectivity index (χ1v) is 7.40. The summed E-state index contributed by atoms with van der Waals surface area (Å²) in [4.78, 5) is 3.85. The number of benzene rings is 1. The summed E-state index contributed by atoms with van der Waals surface area (Å²) in [5.74, 6) is -0.0898. The molecule has 1 aromatic heterocycles. The van der Waals surface area contributed by atoms with Crippen molar-refractivity contribution in [3.05, 3.63) is 40.6 Å². The summed E-state index contributed by atoms with van der Waals surface area (Å²) in [7, 11) is -2.32. The minimum atomic E-state index is -3.73. The molecule has 0 amide bonds. The number of hydrogen-bond donors (Lipinski definition) is 1. The Morgan fingerprint density at radius 1 is 1.47 bits per heavy atom. The van der Waals surface area contributed by atoms with Crippen LogP contribution in [0.3, 0.4) is 0 Å². The SMILES string of the molecule is CN(Cc1ncn[nH]1)S(=O)(=O)c1ccc(F)cc1Br. The lowest BCUT2D eigenvalue weighted by Gasteiger charge is -2.16. The zero-order valence-corrected chi connectivity index (χ0v) is 12.2. The van der Waals surface area contributed by atoms with E-state index in [1.54, 1.807) is 0 Å². The van der Waals surface area contributed by atoms with E-state index in [0.717, 1.165) is 16.4 Å². The summed E-state index contributed by atoms with van der Waals surface area (Å²) in [5, 5.41) is 6.22. The molecule has 102 valence electrons. The molecule has 9 heteroatoms. The highest BCUT2D eigenvalue weighted by Gasteiger charge is 2.24. The molecule has 0 radical (unpaired) electrons.